The number of benzene rings is 1. The van der Waals surface area contributed by atoms with Crippen LogP contribution in [0.1, 0.15) is 42.4 Å². The Morgan fingerprint density at radius 2 is 1.93 bits per heavy atom. The highest BCUT2D eigenvalue weighted by Gasteiger charge is 2.28. The third-order valence-electron chi connectivity index (χ3n) is 5.94. The molecule has 1 N–H and O–H groups in total. The van der Waals surface area contributed by atoms with Crippen molar-refractivity contribution in [2.75, 3.05) is 29.9 Å². The number of urea groups is 1. The summed E-state index contributed by atoms with van der Waals surface area (Å²) in [4.78, 5) is 26.5. The molecule has 0 bridgehead atoms. The van der Waals surface area contributed by atoms with Gasteiger partial charge in [-0.05, 0) is 50.3 Å². The van der Waals surface area contributed by atoms with Crippen LogP contribution in [-0.2, 0) is 13.0 Å². The quantitative estimate of drug-likeness (QED) is 0.783. The average Bonchev–Trinajstić information content (AvgIpc) is 2.70. The highest BCUT2D eigenvalue weighted by Crippen LogP contribution is 2.30. The van der Waals surface area contributed by atoms with E-state index in [1.807, 2.05) is 30.9 Å². The van der Waals surface area contributed by atoms with Crippen LogP contribution in [0.5, 0.6) is 0 Å². The molecule has 154 valence electrons. The molecule has 4 rings (SSSR count). The van der Waals surface area contributed by atoms with Crippen molar-refractivity contribution in [3.05, 3.63) is 45.9 Å². The lowest BCUT2D eigenvalue weighted by Gasteiger charge is -2.36. The molecule has 2 aliphatic heterocycles. The zero-order chi connectivity index (χ0) is 20.5. The largest absolute Gasteiger partial charge is 0.356 e. The molecule has 2 aromatic rings. The molecule has 6 nitrogen and oxygen atoms in total. The molecule has 0 aliphatic carbocycles. The van der Waals surface area contributed by atoms with Gasteiger partial charge >= 0.3 is 6.03 Å². The van der Waals surface area contributed by atoms with Gasteiger partial charge in [0.25, 0.3) is 0 Å². The number of nitrogens with one attached hydrogen (secondary N) is 1. The van der Waals surface area contributed by atoms with Crippen LogP contribution in [0.4, 0.5) is 16.3 Å². The summed E-state index contributed by atoms with van der Waals surface area (Å²) in [5.74, 6) is 2.58. The summed E-state index contributed by atoms with van der Waals surface area (Å²) in [6, 6.07) is 5.47. The first-order valence-corrected chi connectivity index (χ1v) is 10.7. The Morgan fingerprint density at radius 3 is 2.66 bits per heavy atom. The summed E-state index contributed by atoms with van der Waals surface area (Å²) < 4.78 is 0. The van der Waals surface area contributed by atoms with E-state index in [1.54, 1.807) is 6.07 Å². The van der Waals surface area contributed by atoms with Crippen LogP contribution in [0.25, 0.3) is 0 Å². The van der Waals surface area contributed by atoms with E-state index >= 15 is 0 Å². The van der Waals surface area contributed by atoms with Gasteiger partial charge in [-0.1, -0.05) is 24.6 Å². The highest BCUT2D eigenvalue weighted by molar-refractivity contribution is 6.31. The maximum atomic E-state index is 12.9. The summed E-state index contributed by atoms with van der Waals surface area (Å²) in [5.41, 5.74) is 3.87. The zero-order valence-electron chi connectivity index (χ0n) is 17.3. The number of amides is 2. The Labute approximate surface area is 177 Å². The number of piperidine rings is 1. The molecule has 1 aromatic heterocycles. The lowest BCUT2D eigenvalue weighted by molar-refractivity contribution is 0.206. The monoisotopic (exact) mass is 413 g/mol. The van der Waals surface area contributed by atoms with Crippen LogP contribution in [0, 0.1) is 19.8 Å². The highest BCUT2D eigenvalue weighted by atomic mass is 35.5. The van der Waals surface area contributed by atoms with E-state index in [4.69, 9.17) is 16.6 Å². The molecule has 3 heterocycles. The number of rotatable bonds is 2. The SMILES string of the molecule is Cc1nc2c(c(N3CCC(C)CC3)n1)CN(C(=O)Nc1ccc(C)c(Cl)c1)CC2. The van der Waals surface area contributed by atoms with E-state index in [1.165, 1.54) is 12.8 Å². The minimum Gasteiger partial charge on any atom is -0.356 e. The maximum Gasteiger partial charge on any atom is 0.322 e. The standard InChI is InChI=1S/C22H28ClN5O/c1-14-6-9-27(10-7-14)21-18-13-28(11-8-20(18)24-16(3)25-21)22(29)26-17-5-4-15(2)19(23)12-17/h4-5,12,14H,6-11,13H2,1-3H3,(H,26,29). The van der Waals surface area contributed by atoms with Crippen molar-refractivity contribution in [3.63, 3.8) is 0 Å². The normalized spacial score (nSPS) is 17.2. The number of carbonyl (C=O) groups is 1. The second-order valence-corrected chi connectivity index (χ2v) is 8.66. The van der Waals surface area contributed by atoms with Gasteiger partial charge < -0.3 is 15.1 Å². The van der Waals surface area contributed by atoms with Crippen molar-refractivity contribution in [2.24, 2.45) is 5.92 Å². The van der Waals surface area contributed by atoms with Gasteiger partial charge in [-0.25, -0.2) is 14.8 Å². The number of hydrogen-bond acceptors (Lipinski definition) is 4. The Morgan fingerprint density at radius 1 is 1.17 bits per heavy atom. The molecular weight excluding hydrogens is 386 g/mol. The smallest absolute Gasteiger partial charge is 0.322 e. The number of anilines is 2. The van der Waals surface area contributed by atoms with Crippen LogP contribution in [0.3, 0.4) is 0 Å². The van der Waals surface area contributed by atoms with Gasteiger partial charge in [0.1, 0.15) is 11.6 Å². The molecule has 2 aliphatic rings. The van der Waals surface area contributed by atoms with Crippen molar-refractivity contribution in [2.45, 2.75) is 46.6 Å². The molecule has 1 fully saturated rings. The summed E-state index contributed by atoms with van der Waals surface area (Å²) in [6.07, 6.45) is 3.10. The number of nitrogens with zero attached hydrogens (tertiary/aromatic N) is 4. The van der Waals surface area contributed by atoms with Crippen LogP contribution < -0.4 is 10.2 Å². The first-order valence-electron chi connectivity index (χ1n) is 10.3. The fourth-order valence-electron chi connectivity index (χ4n) is 4.05. The van der Waals surface area contributed by atoms with E-state index < -0.39 is 0 Å². The van der Waals surface area contributed by atoms with Gasteiger partial charge in [0.15, 0.2) is 0 Å². The summed E-state index contributed by atoms with van der Waals surface area (Å²) in [6.45, 7) is 9.41. The molecule has 1 saturated heterocycles. The Kier molecular flexibility index (Phi) is 5.63. The van der Waals surface area contributed by atoms with Gasteiger partial charge in [0.05, 0.1) is 12.2 Å². The van der Waals surface area contributed by atoms with Crippen LogP contribution in [0.2, 0.25) is 5.02 Å². The van der Waals surface area contributed by atoms with Crippen LogP contribution >= 0.6 is 11.6 Å². The van der Waals surface area contributed by atoms with Crippen molar-refractivity contribution in [1.82, 2.24) is 14.9 Å². The summed E-state index contributed by atoms with van der Waals surface area (Å²) >= 11 is 6.19. The molecular formula is C22H28ClN5O. The van der Waals surface area contributed by atoms with Crippen molar-refractivity contribution in [1.29, 1.82) is 0 Å². The molecule has 2 amide bonds. The lowest BCUT2D eigenvalue weighted by atomic mass is 9.98. The zero-order valence-corrected chi connectivity index (χ0v) is 18.1. The van der Waals surface area contributed by atoms with Crippen LogP contribution in [-0.4, -0.2) is 40.5 Å². The Balaban J connectivity index is 1.54. The number of aromatic nitrogens is 2. The second kappa shape index (κ2) is 8.19. The van der Waals surface area contributed by atoms with Gasteiger partial charge in [0, 0.05) is 42.3 Å². The predicted molar refractivity (Wildman–Crippen MR) is 117 cm³/mol. The molecule has 0 radical (unpaired) electrons. The van der Waals surface area contributed by atoms with E-state index in [-0.39, 0.29) is 6.03 Å². The maximum absolute atomic E-state index is 12.9. The van der Waals surface area contributed by atoms with E-state index in [9.17, 15) is 4.79 Å². The molecule has 0 unspecified atom stereocenters. The molecule has 0 spiro atoms. The fourth-order valence-corrected chi connectivity index (χ4v) is 4.23. The van der Waals surface area contributed by atoms with Gasteiger partial charge in [-0.3, -0.25) is 0 Å². The van der Waals surface area contributed by atoms with E-state index in [0.717, 1.165) is 53.9 Å². The number of aryl methyl sites for hydroxylation is 2. The first kappa shape index (κ1) is 20.0. The fraction of sp³-hybridized carbons (Fsp3) is 0.500. The minimum atomic E-state index is -0.116. The number of carbonyl (C=O) groups excluding carboxylic acids is 1. The molecule has 7 heteroatoms. The van der Waals surface area contributed by atoms with Gasteiger partial charge in [0.2, 0.25) is 0 Å². The van der Waals surface area contributed by atoms with Gasteiger partial charge in [-0.15, -0.1) is 0 Å². The van der Waals surface area contributed by atoms with Gasteiger partial charge in [-0.2, -0.15) is 0 Å². The number of fused-ring (bicyclic) bond motifs is 1. The number of hydrogen-bond donors (Lipinski definition) is 1. The Bertz CT molecular complexity index is 924. The molecule has 0 saturated carbocycles. The minimum absolute atomic E-state index is 0.116. The average molecular weight is 414 g/mol. The third kappa shape index (κ3) is 4.32. The van der Waals surface area contributed by atoms with Crippen molar-refractivity contribution >= 4 is 29.1 Å². The number of halogens is 1. The first-order chi connectivity index (χ1) is 13.9. The van der Waals surface area contributed by atoms with Crippen LogP contribution in [0.15, 0.2) is 18.2 Å². The lowest BCUT2D eigenvalue weighted by Crippen LogP contribution is -2.41. The summed E-state index contributed by atoms with van der Waals surface area (Å²) in [7, 11) is 0. The molecule has 29 heavy (non-hydrogen) atoms. The van der Waals surface area contributed by atoms with Crippen molar-refractivity contribution in [3.8, 4) is 0 Å². The van der Waals surface area contributed by atoms with E-state index in [2.05, 4.69) is 22.1 Å². The predicted octanol–water partition coefficient (Wildman–Crippen LogP) is 4.57. The topological polar surface area (TPSA) is 61.4 Å². The Hall–Kier alpha value is -2.34. The summed E-state index contributed by atoms with van der Waals surface area (Å²) in [5, 5.41) is 3.63. The van der Waals surface area contributed by atoms with Crippen molar-refractivity contribution < 1.29 is 4.79 Å². The third-order valence-corrected chi connectivity index (χ3v) is 6.35. The second-order valence-electron chi connectivity index (χ2n) is 8.25. The molecule has 1 aromatic carbocycles. The van der Waals surface area contributed by atoms with E-state index in [0.29, 0.717) is 23.8 Å². The molecule has 0 atom stereocenters.